The van der Waals surface area contributed by atoms with E-state index < -0.39 is 16.1 Å². The number of nitrogens with one attached hydrogen (secondary N) is 3. The summed E-state index contributed by atoms with van der Waals surface area (Å²) in [7, 11) is -1.86. The summed E-state index contributed by atoms with van der Waals surface area (Å²) in [5, 5.41) is 11.0. The molecule has 0 aliphatic heterocycles. The number of rotatable bonds is 8. The molecule has 3 aromatic rings. The lowest BCUT2D eigenvalue weighted by Gasteiger charge is -2.14. The van der Waals surface area contributed by atoms with Crippen molar-refractivity contribution < 1.29 is 17.9 Å². The van der Waals surface area contributed by atoms with E-state index in [4.69, 9.17) is 21.4 Å². The number of carbonyl (C=O) groups excluding carboxylic acids is 1. The first-order chi connectivity index (χ1) is 16.4. The van der Waals surface area contributed by atoms with E-state index in [1.807, 2.05) is 24.3 Å². The molecule has 0 saturated carbocycles. The SMILES string of the molecule is COc1cc(NC(=O)NCc2cc(C(C)(C)C)nn2-c2cccc(Cl)c2)ccc1CNS(C)(=O)=O. The number of anilines is 1. The molecule has 11 heteroatoms. The molecule has 0 saturated heterocycles. The van der Waals surface area contributed by atoms with Crippen LogP contribution in [0.3, 0.4) is 0 Å². The van der Waals surface area contributed by atoms with E-state index in [1.165, 1.54) is 7.11 Å². The lowest BCUT2D eigenvalue weighted by atomic mass is 9.92. The molecule has 35 heavy (non-hydrogen) atoms. The second-order valence-electron chi connectivity index (χ2n) is 9.09. The van der Waals surface area contributed by atoms with Crippen LogP contribution in [0.1, 0.15) is 37.7 Å². The molecule has 0 atom stereocenters. The molecule has 1 aromatic heterocycles. The Morgan fingerprint density at radius 1 is 1.11 bits per heavy atom. The zero-order chi connectivity index (χ0) is 25.8. The van der Waals surface area contributed by atoms with Gasteiger partial charge in [-0.05, 0) is 30.3 Å². The number of methoxy groups -OCH3 is 1. The molecule has 2 aromatic carbocycles. The average molecular weight is 520 g/mol. The first-order valence-corrected chi connectivity index (χ1v) is 13.1. The van der Waals surface area contributed by atoms with Crippen LogP contribution in [0.25, 0.3) is 5.69 Å². The summed E-state index contributed by atoms with van der Waals surface area (Å²) < 4.78 is 32.3. The summed E-state index contributed by atoms with van der Waals surface area (Å²) >= 11 is 6.17. The number of amides is 2. The van der Waals surface area contributed by atoms with Crippen LogP contribution in [0.15, 0.2) is 48.5 Å². The number of benzene rings is 2. The molecule has 0 unspecified atom stereocenters. The van der Waals surface area contributed by atoms with Crippen molar-refractivity contribution in [3.63, 3.8) is 0 Å². The van der Waals surface area contributed by atoms with Crippen molar-refractivity contribution in [2.24, 2.45) is 0 Å². The van der Waals surface area contributed by atoms with E-state index in [0.29, 0.717) is 22.0 Å². The summed E-state index contributed by atoms with van der Waals surface area (Å²) in [6, 6.07) is 13.9. The van der Waals surface area contributed by atoms with Crippen LogP contribution in [0.4, 0.5) is 10.5 Å². The number of hydrogen-bond acceptors (Lipinski definition) is 5. The van der Waals surface area contributed by atoms with Gasteiger partial charge in [-0.1, -0.05) is 44.5 Å². The van der Waals surface area contributed by atoms with Crippen LogP contribution in [0.2, 0.25) is 5.02 Å². The summed E-state index contributed by atoms with van der Waals surface area (Å²) in [6.07, 6.45) is 1.09. The van der Waals surface area contributed by atoms with Crippen LogP contribution in [0.5, 0.6) is 5.75 Å². The molecule has 0 bridgehead atoms. The van der Waals surface area contributed by atoms with Crippen molar-refractivity contribution in [2.45, 2.75) is 39.3 Å². The molecule has 1 heterocycles. The van der Waals surface area contributed by atoms with Crippen molar-refractivity contribution in [1.29, 1.82) is 0 Å². The van der Waals surface area contributed by atoms with Crippen molar-refractivity contribution in [2.75, 3.05) is 18.7 Å². The minimum Gasteiger partial charge on any atom is -0.496 e. The Labute approximate surface area is 210 Å². The largest absolute Gasteiger partial charge is 0.496 e. The number of urea groups is 1. The van der Waals surface area contributed by atoms with Gasteiger partial charge in [0.2, 0.25) is 10.0 Å². The third kappa shape index (κ3) is 7.45. The highest BCUT2D eigenvalue weighted by molar-refractivity contribution is 7.88. The molecule has 0 aliphatic rings. The average Bonchev–Trinajstić information content (AvgIpc) is 3.21. The van der Waals surface area contributed by atoms with E-state index in [-0.39, 0.29) is 18.5 Å². The van der Waals surface area contributed by atoms with Gasteiger partial charge >= 0.3 is 6.03 Å². The highest BCUT2D eigenvalue weighted by atomic mass is 35.5. The maximum absolute atomic E-state index is 12.6. The number of aromatic nitrogens is 2. The molecule has 0 aliphatic carbocycles. The molecule has 3 N–H and O–H groups in total. The van der Waals surface area contributed by atoms with E-state index in [9.17, 15) is 13.2 Å². The Morgan fingerprint density at radius 3 is 2.49 bits per heavy atom. The topological polar surface area (TPSA) is 114 Å². The lowest BCUT2D eigenvalue weighted by molar-refractivity contribution is 0.251. The van der Waals surface area contributed by atoms with Crippen LogP contribution in [-0.4, -0.2) is 37.6 Å². The Morgan fingerprint density at radius 2 is 1.86 bits per heavy atom. The van der Waals surface area contributed by atoms with Crippen molar-refractivity contribution >= 4 is 33.3 Å². The Bertz CT molecular complexity index is 1320. The molecular formula is C24H30ClN5O4S. The molecule has 9 nitrogen and oxygen atoms in total. The van der Waals surface area contributed by atoms with Gasteiger partial charge in [-0.3, -0.25) is 0 Å². The van der Waals surface area contributed by atoms with Gasteiger partial charge in [-0.15, -0.1) is 0 Å². The third-order valence-corrected chi connectivity index (χ3v) is 6.01. The monoisotopic (exact) mass is 519 g/mol. The fraction of sp³-hybridized carbons (Fsp3) is 0.333. The maximum Gasteiger partial charge on any atom is 0.319 e. The summed E-state index contributed by atoms with van der Waals surface area (Å²) in [5.74, 6) is 0.452. The molecule has 0 fully saturated rings. The minimum atomic E-state index is -3.34. The summed E-state index contributed by atoms with van der Waals surface area (Å²) in [4.78, 5) is 12.6. The standard InChI is InChI=1S/C24H30ClN5O4S/c1-24(2,3)22-13-20(30(29-22)19-8-6-7-17(25)11-19)15-26-23(31)28-18-10-9-16(21(12-18)34-4)14-27-35(5,32)33/h6-13,27H,14-15H2,1-5H3,(H2,26,28,31). The number of nitrogens with zero attached hydrogens (tertiary/aromatic N) is 2. The van der Waals surface area contributed by atoms with Gasteiger partial charge in [-0.25, -0.2) is 22.6 Å². The molecular weight excluding hydrogens is 490 g/mol. The van der Waals surface area contributed by atoms with Gasteiger partial charge in [0, 0.05) is 34.3 Å². The smallest absolute Gasteiger partial charge is 0.319 e. The van der Waals surface area contributed by atoms with E-state index in [0.717, 1.165) is 23.3 Å². The zero-order valence-corrected chi connectivity index (χ0v) is 21.9. The zero-order valence-electron chi connectivity index (χ0n) is 20.3. The predicted octanol–water partition coefficient (Wildman–Crippen LogP) is 4.20. The van der Waals surface area contributed by atoms with Crippen molar-refractivity contribution in [3.8, 4) is 11.4 Å². The van der Waals surface area contributed by atoms with Crippen molar-refractivity contribution in [3.05, 3.63) is 70.5 Å². The second-order valence-corrected chi connectivity index (χ2v) is 11.4. The van der Waals surface area contributed by atoms with Crippen molar-refractivity contribution in [1.82, 2.24) is 19.8 Å². The van der Waals surface area contributed by atoms with Gasteiger partial charge in [-0.2, -0.15) is 5.10 Å². The molecule has 3 rings (SSSR count). The van der Waals surface area contributed by atoms with Gasteiger partial charge in [0.15, 0.2) is 0 Å². The fourth-order valence-electron chi connectivity index (χ4n) is 3.27. The maximum atomic E-state index is 12.6. The van der Waals surface area contributed by atoms with Gasteiger partial charge in [0.1, 0.15) is 5.75 Å². The number of hydrogen-bond donors (Lipinski definition) is 3. The van der Waals surface area contributed by atoms with E-state index in [2.05, 4.69) is 36.1 Å². The number of sulfonamides is 1. The van der Waals surface area contributed by atoms with Gasteiger partial charge in [0.05, 0.1) is 37.0 Å². The van der Waals surface area contributed by atoms with Crippen LogP contribution in [0, 0.1) is 0 Å². The Balaban J connectivity index is 1.73. The predicted molar refractivity (Wildman–Crippen MR) is 138 cm³/mol. The first kappa shape index (κ1) is 26.5. The molecule has 188 valence electrons. The van der Waals surface area contributed by atoms with E-state index in [1.54, 1.807) is 28.9 Å². The van der Waals surface area contributed by atoms with Gasteiger partial charge in [0.25, 0.3) is 0 Å². The first-order valence-electron chi connectivity index (χ1n) is 10.9. The normalized spacial score (nSPS) is 11.8. The van der Waals surface area contributed by atoms with Gasteiger partial charge < -0.3 is 15.4 Å². The fourth-order valence-corrected chi connectivity index (χ4v) is 3.87. The third-order valence-electron chi connectivity index (χ3n) is 5.10. The number of halogens is 1. The van der Waals surface area contributed by atoms with Crippen LogP contribution < -0.4 is 20.1 Å². The highest BCUT2D eigenvalue weighted by Crippen LogP contribution is 2.25. The van der Waals surface area contributed by atoms with Crippen LogP contribution >= 0.6 is 11.6 Å². The summed E-state index contributed by atoms with van der Waals surface area (Å²) in [5.41, 5.74) is 3.45. The van der Waals surface area contributed by atoms with E-state index >= 15 is 0 Å². The Hall–Kier alpha value is -3.08. The highest BCUT2D eigenvalue weighted by Gasteiger charge is 2.21. The molecule has 2 amide bonds. The quantitative estimate of drug-likeness (QED) is 0.412. The van der Waals surface area contributed by atoms with Crippen LogP contribution in [-0.2, 0) is 28.5 Å². The minimum absolute atomic E-state index is 0.0814. The number of ether oxygens (including phenoxy) is 1. The molecule has 0 radical (unpaired) electrons. The second kappa shape index (κ2) is 10.7. The number of carbonyl (C=O) groups is 1. The lowest BCUT2D eigenvalue weighted by Crippen LogP contribution is -2.29. The molecule has 0 spiro atoms. The Kier molecular flexibility index (Phi) is 8.09. The summed E-state index contributed by atoms with van der Waals surface area (Å²) in [6.45, 7) is 6.53.